The third-order valence-corrected chi connectivity index (χ3v) is 6.41. The molecule has 0 amide bonds. The van der Waals surface area contributed by atoms with Gasteiger partial charge in [-0.1, -0.05) is 0 Å². The number of fused-ring (bicyclic) bond motifs is 3. The fraction of sp³-hybridized carbons (Fsp3) is 0.700. The van der Waals surface area contributed by atoms with Crippen molar-refractivity contribution in [3.8, 4) is 17.2 Å². The summed E-state index contributed by atoms with van der Waals surface area (Å²) in [6.07, 6.45) is -5.49. The molecule has 5 unspecified atom stereocenters. The van der Waals surface area contributed by atoms with Crippen LogP contribution in [0.2, 0.25) is 0 Å². The molecule has 0 saturated carbocycles. The zero-order chi connectivity index (χ0) is 21.6. The lowest BCUT2D eigenvalue weighted by Crippen LogP contribution is -2.57. The highest BCUT2D eigenvalue weighted by atomic mass is 16.6. The Morgan fingerprint density at radius 2 is 1.77 bits per heavy atom. The van der Waals surface area contributed by atoms with Gasteiger partial charge in [0.05, 0.1) is 20.3 Å². The first kappa shape index (κ1) is 21.6. The van der Waals surface area contributed by atoms with Gasteiger partial charge in [0, 0.05) is 43.9 Å². The van der Waals surface area contributed by atoms with Crippen molar-refractivity contribution in [3.05, 3.63) is 16.7 Å². The lowest BCUT2D eigenvalue weighted by Gasteiger charge is -2.45. The average molecular weight is 426 g/mol. The minimum absolute atomic E-state index is 0.0294. The third kappa shape index (κ3) is 3.52. The second-order valence-corrected chi connectivity index (χ2v) is 8.22. The molecule has 2 saturated heterocycles. The maximum atomic E-state index is 10.9. The zero-order valence-electron chi connectivity index (χ0n) is 17.2. The van der Waals surface area contributed by atoms with Crippen molar-refractivity contribution >= 4 is 0 Å². The van der Waals surface area contributed by atoms with E-state index in [1.54, 1.807) is 0 Å². The Balaban J connectivity index is 1.76. The Labute approximate surface area is 174 Å². The summed E-state index contributed by atoms with van der Waals surface area (Å²) in [7, 11) is 3.42. The number of phenolic OH excluding ortho intramolecular Hbond substituents is 2. The number of ether oxygens (including phenoxy) is 3. The molecule has 3 aliphatic heterocycles. The van der Waals surface area contributed by atoms with E-state index >= 15 is 0 Å². The molecule has 3 aliphatic rings. The number of hydrogen-bond donors (Lipinski definition) is 5. The number of benzene rings is 1. The fourth-order valence-electron chi connectivity index (χ4n) is 4.57. The molecular weight excluding hydrogens is 396 g/mol. The van der Waals surface area contributed by atoms with Gasteiger partial charge in [-0.15, -0.1) is 0 Å². The summed E-state index contributed by atoms with van der Waals surface area (Å²) < 4.78 is 16.9. The van der Waals surface area contributed by atoms with Crippen LogP contribution in [0.25, 0.3) is 0 Å². The lowest BCUT2D eigenvalue weighted by molar-refractivity contribution is -0.253. The molecule has 0 radical (unpaired) electrons. The summed E-state index contributed by atoms with van der Waals surface area (Å²) in [5.74, 6) is -0.501. The van der Waals surface area contributed by atoms with Gasteiger partial charge in [0.15, 0.2) is 11.5 Å². The van der Waals surface area contributed by atoms with Gasteiger partial charge >= 0.3 is 0 Å². The van der Waals surface area contributed by atoms with Crippen molar-refractivity contribution in [2.75, 3.05) is 46.9 Å². The van der Waals surface area contributed by atoms with Crippen LogP contribution in [0.5, 0.6) is 17.2 Å². The van der Waals surface area contributed by atoms with Crippen LogP contribution in [0.3, 0.4) is 0 Å². The summed E-state index contributed by atoms with van der Waals surface area (Å²) in [4.78, 5) is 4.43. The molecule has 10 heteroatoms. The average Bonchev–Trinajstić information content (AvgIpc) is 2.74. The minimum atomic E-state index is -1.32. The molecular formula is C20H30N2O8. The molecule has 3 heterocycles. The number of likely N-dealkylation sites (N-methyl/N-ethyl adjacent to an activating group) is 1. The molecule has 1 aromatic rings. The van der Waals surface area contributed by atoms with Crippen LogP contribution < -0.4 is 4.74 Å². The molecule has 5 atom stereocenters. The molecule has 0 aromatic heterocycles. The van der Waals surface area contributed by atoms with Crippen molar-refractivity contribution in [2.45, 2.75) is 43.7 Å². The first-order chi connectivity index (χ1) is 14.4. The Hall–Kier alpha value is -1.66. The van der Waals surface area contributed by atoms with Gasteiger partial charge in [0.2, 0.25) is 5.75 Å². The largest absolute Gasteiger partial charge is 0.504 e. The van der Waals surface area contributed by atoms with Crippen molar-refractivity contribution in [3.63, 3.8) is 0 Å². The Morgan fingerprint density at radius 3 is 2.40 bits per heavy atom. The second kappa shape index (κ2) is 8.46. The first-order valence-electron chi connectivity index (χ1n) is 10.2. The minimum Gasteiger partial charge on any atom is -0.504 e. The second-order valence-electron chi connectivity index (χ2n) is 8.22. The number of aliphatic hydroxyl groups is 3. The summed E-state index contributed by atoms with van der Waals surface area (Å²) >= 11 is 0. The van der Waals surface area contributed by atoms with E-state index in [0.29, 0.717) is 23.2 Å². The number of hydrogen-bond acceptors (Lipinski definition) is 10. The molecule has 10 nitrogen and oxygen atoms in total. The maximum absolute atomic E-state index is 10.9. The van der Waals surface area contributed by atoms with Crippen LogP contribution in [-0.2, 0) is 22.6 Å². The van der Waals surface area contributed by atoms with Gasteiger partial charge in [0.25, 0.3) is 0 Å². The number of rotatable bonds is 4. The molecule has 0 aliphatic carbocycles. The smallest absolute Gasteiger partial charge is 0.203 e. The van der Waals surface area contributed by atoms with Gasteiger partial charge < -0.3 is 44.6 Å². The van der Waals surface area contributed by atoms with Crippen molar-refractivity contribution in [1.82, 2.24) is 9.80 Å². The molecule has 2 fully saturated rings. The molecule has 0 bridgehead atoms. The molecule has 0 spiro atoms. The Bertz CT molecular complexity index is 783. The first-order valence-corrected chi connectivity index (χ1v) is 10.2. The number of aromatic hydroxyl groups is 2. The maximum Gasteiger partial charge on any atom is 0.203 e. The fourth-order valence-corrected chi connectivity index (χ4v) is 4.57. The monoisotopic (exact) mass is 426 g/mol. The van der Waals surface area contributed by atoms with E-state index in [1.165, 1.54) is 7.11 Å². The summed E-state index contributed by atoms with van der Waals surface area (Å²) in [6.45, 7) is 3.44. The topological polar surface area (TPSA) is 135 Å². The van der Waals surface area contributed by atoms with E-state index in [2.05, 4.69) is 16.8 Å². The highest BCUT2D eigenvalue weighted by Gasteiger charge is 2.50. The molecule has 168 valence electrons. The zero-order valence-corrected chi connectivity index (χ0v) is 17.2. The van der Waals surface area contributed by atoms with E-state index in [9.17, 15) is 25.5 Å². The van der Waals surface area contributed by atoms with Crippen molar-refractivity contribution < 1.29 is 39.7 Å². The molecule has 4 rings (SSSR count). The Kier molecular flexibility index (Phi) is 6.08. The normalized spacial score (nSPS) is 32.5. The van der Waals surface area contributed by atoms with Crippen LogP contribution in [0, 0.1) is 0 Å². The molecule has 5 N–H and O–H groups in total. The van der Waals surface area contributed by atoms with Gasteiger partial charge in [0.1, 0.15) is 30.5 Å². The summed E-state index contributed by atoms with van der Waals surface area (Å²) in [5, 5.41) is 51.9. The van der Waals surface area contributed by atoms with Crippen LogP contribution >= 0.6 is 0 Å². The van der Waals surface area contributed by atoms with E-state index in [4.69, 9.17) is 14.2 Å². The van der Waals surface area contributed by atoms with Gasteiger partial charge in [-0.25, -0.2) is 0 Å². The third-order valence-electron chi connectivity index (χ3n) is 6.41. The van der Waals surface area contributed by atoms with E-state index in [1.807, 2.05) is 0 Å². The van der Waals surface area contributed by atoms with E-state index < -0.39 is 37.1 Å². The number of phenols is 2. The predicted molar refractivity (Wildman–Crippen MR) is 104 cm³/mol. The number of piperazine rings is 1. The predicted octanol–water partition coefficient (Wildman–Crippen LogP) is -1.09. The van der Waals surface area contributed by atoms with E-state index in [0.717, 1.165) is 26.2 Å². The van der Waals surface area contributed by atoms with Gasteiger partial charge in [-0.3, -0.25) is 4.90 Å². The number of nitrogens with zero attached hydrogens (tertiary/aromatic N) is 2. The highest BCUT2D eigenvalue weighted by molar-refractivity contribution is 5.64. The van der Waals surface area contributed by atoms with Crippen LogP contribution in [0.1, 0.15) is 22.8 Å². The van der Waals surface area contributed by atoms with Crippen LogP contribution in [0.15, 0.2) is 0 Å². The summed E-state index contributed by atoms with van der Waals surface area (Å²) in [6, 6.07) is 0. The molecule has 30 heavy (non-hydrogen) atoms. The quantitative estimate of drug-likeness (QED) is 0.404. The standard InChI is InChI=1S/C20H30N2O8/c1-21-3-5-22(6-4-21)7-10-11-9-29-20-17(27)15(25)12(8-23)30-18(20)13(11)16(26)19(28-2)14(10)24/h12,15,17-18,20,23-27H,3-9H2,1-2H3. The van der Waals surface area contributed by atoms with Gasteiger partial charge in [-0.2, -0.15) is 0 Å². The molecule has 1 aromatic carbocycles. The van der Waals surface area contributed by atoms with Crippen molar-refractivity contribution in [1.29, 1.82) is 0 Å². The van der Waals surface area contributed by atoms with Crippen LogP contribution in [-0.4, -0.2) is 107 Å². The van der Waals surface area contributed by atoms with E-state index in [-0.39, 0.29) is 23.9 Å². The SMILES string of the molecule is COc1c(O)c(CN2CCN(C)CC2)c2c(c1O)C1OC(CO)C(O)C(O)C1OC2. The van der Waals surface area contributed by atoms with Crippen LogP contribution in [0.4, 0.5) is 0 Å². The highest BCUT2D eigenvalue weighted by Crippen LogP contribution is 2.52. The van der Waals surface area contributed by atoms with Gasteiger partial charge in [-0.05, 0) is 12.6 Å². The number of methoxy groups -OCH3 is 1. The number of aliphatic hydroxyl groups excluding tert-OH is 3. The van der Waals surface area contributed by atoms with Crippen molar-refractivity contribution in [2.24, 2.45) is 0 Å². The Morgan fingerprint density at radius 1 is 1.07 bits per heavy atom. The lowest BCUT2D eigenvalue weighted by atomic mass is 9.84. The summed E-state index contributed by atoms with van der Waals surface area (Å²) in [5.41, 5.74) is 1.51.